The molecule has 0 radical (unpaired) electrons. The van der Waals surface area contributed by atoms with Crippen LogP contribution in [0.4, 0.5) is 16.2 Å². The summed E-state index contributed by atoms with van der Waals surface area (Å²) in [6.45, 7) is 5.43. The van der Waals surface area contributed by atoms with E-state index in [4.69, 9.17) is 4.74 Å². The summed E-state index contributed by atoms with van der Waals surface area (Å²) in [4.78, 5) is 35.6. The molecule has 0 unspecified atom stereocenters. The quantitative estimate of drug-likeness (QED) is 0.593. The first kappa shape index (κ1) is 21.7. The minimum absolute atomic E-state index is 0.0110. The van der Waals surface area contributed by atoms with Crippen molar-refractivity contribution in [2.75, 3.05) is 17.2 Å². The first-order valence-corrected chi connectivity index (χ1v) is 9.09. The van der Waals surface area contributed by atoms with Gasteiger partial charge >= 0.3 is 6.09 Å². The van der Waals surface area contributed by atoms with E-state index in [0.29, 0.717) is 16.9 Å². The monoisotopic (exact) mass is 399 g/mol. The van der Waals surface area contributed by atoms with E-state index in [0.717, 1.165) is 0 Å². The van der Waals surface area contributed by atoms with E-state index >= 15 is 0 Å². The number of hydrogen-bond donors (Lipinski definition) is 4. The number of nitrogens with one attached hydrogen (secondary N) is 3. The molecule has 0 aliphatic rings. The summed E-state index contributed by atoms with van der Waals surface area (Å²) < 4.78 is 5.09. The molecule has 8 heteroatoms. The van der Waals surface area contributed by atoms with Gasteiger partial charge in [-0.3, -0.25) is 9.59 Å². The highest BCUT2D eigenvalue weighted by atomic mass is 16.6. The Kier molecular flexibility index (Phi) is 7.19. The summed E-state index contributed by atoms with van der Waals surface area (Å²) in [5, 5.41) is 17.4. The molecule has 3 amide bonds. The summed E-state index contributed by atoms with van der Waals surface area (Å²) in [6.07, 6.45) is -0.480. The van der Waals surface area contributed by atoms with Crippen LogP contribution in [0.2, 0.25) is 0 Å². The zero-order valence-corrected chi connectivity index (χ0v) is 16.6. The summed E-state index contributed by atoms with van der Waals surface area (Å²) in [6, 6.07) is 12.6. The molecule has 0 aromatic heterocycles. The van der Waals surface area contributed by atoms with Crippen molar-refractivity contribution < 1.29 is 24.2 Å². The Bertz CT molecular complexity index is 873. The van der Waals surface area contributed by atoms with Crippen LogP contribution in [0.3, 0.4) is 0 Å². The van der Waals surface area contributed by atoms with Gasteiger partial charge in [0.05, 0.1) is 0 Å². The Hall–Kier alpha value is -3.55. The van der Waals surface area contributed by atoms with E-state index in [-0.39, 0.29) is 30.5 Å². The molecule has 154 valence electrons. The highest BCUT2D eigenvalue weighted by molar-refractivity contribution is 6.04. The molecule has 29 heavy (non-hydrogen) atoms. The third-order valence-corrected chi connectivity index (χ3v) is 3.56. The smallest absolute Gasteiger partial charge is 0.407 e. The Morgan fingerprint density at radius 1 is 0.966 bits per heavy atom. The molecular weight excluding hydrogens is 374 g/mol. The number of amides is 3. The van der Waals surface area contributed by atoms with Crippen LogP contribution in [-0.4, -0.2) is 35.2 Å². The topological polar surface area (TPSA) is 117 Å². The van der Waals surface area contributed by atoms with E-state index < -0.39 is 11.7 Å². The van der Waals surface area contributed by atoms with Crippen LogP contribution in [0.1, 0.15) is 37.6 Å². The average molecular weight is 399 g/mol. The maximum absolute atomic E-state index is 12.2. The lowest BCUT2D eigenvalue weighted by Crippen LogP contribution is -2.34. The standard InChI is InChI=1S/C21H25N3O5/c1-21(2,3)29-20(28)22-12-11-18(26)23-15-7-9-16(10-8-15)24-19(27)14-5-4-6-17(25)13-14/h4-10,13,25H,11-12H2,1-3H3,(H,22,28)(H,23,26)(H,24,27). The van der Waals surface area contributed by atoms with Gasteiger partial charge in [-0.15, -0.1) is 0 Å². The number of phenolic OH excluding ortho intramolecular Hbond substituents is 1. The second-order valence-corrected chi connectivity index (χ2v) is 7.31. The minimum Gasteiger partial charge on any atom is -0.508 e. The molecule has 2 aromatic carbocycles. The van der Waals surface area contributed by atoms with Crippen molar-refractivity contribution >= 4 is 29.3 Å². The Morgan fingerprint density at radius 2 is 1.59 bits per heavy atom. The van der Waals surface area contributed by atoms with Gasteiger partial charge in [0, 0.05) is 29.9 Å². The molecule has 4 N–H and O–H groups in total. The number of phenols is 1. The third-order valence-electron chi connectivity index (χ3n) is 3.56. The lowest BCUT2D eigenvalue weighted by molar-refractivity contribution is -0.116. The first-order chi connectivity index (χ1) is 13.6. The summed E-state index contributed by atoms with van der Waals surface area (Å²) in [5.41, 5.74) is 0.843. The molecule has 0 saturated heterocycles. The summed E-state index contributed by atoms with van der Waals surface area (Å²) >= 11 is 0. The lowest BCUT2D eigenvalue weighted by atomic mass is 10.2. The van der Waals surface area contributed by atoms with Gasteiger partial charge in [-0.05, 0) is 63.2 Å². The lowest BCUT2D eigenvalue weighted by Gasteiger charge is -2.19. The highest BCUT2D eigenvalue weighted by Gasteiger charge is 2.16. The Morgan fingerprint density at radius 3 is 2.17 bits per heavy atom. The Labute approximate surface area is 169 Å². The second kappa shape index (κ2) is 9.59. The minimum atomic E-state index is -0.593. The maximum atomic E-state index is 12.2. The largest absolute Gasteiger partial charge is 0.508 e. The number of anilines is 2. The van der Waals surface area contributed by atoms with Crippen LogP contribution in [-0.2, 0) is 9.53 Å². The molecule has 8 nitrogen and oxygen atoms in total. The van der Waals surface area contributed by atoms with Gasteiger partial charge in [0.15, 0.2) is 0 Å². The van der Waals surface area contributed by atoms with Crippen LogP contribution >= 0.6 is 0 Å². The zero-order valence-electron chi connectivity index (χ0n) is 16.6. The molecular formula is C21H25N3O5. The van der Waals surface area contributed by atoms with E-state index in [1.165, 1.54) is 12.1 Å². The van der Waals surface area contributed by atoms with Gasteiger partial charge < -0.3 is 25.8 Å². The van der Waals surface area contributed by atoms with Crippen molar-refractivity contribution in [1.29, 1.82) is 0 Å². The molecule has 0 saturated carbocycles. The van der Waals surface area contributed by atoms with E-state index in [9.17, 15) is 19.5 Å². The fourth-order valence-corrected chi connectivity index (χ4v) is 2.30. The van der Waals surface area contributed by atoms with Crippen LogP contribution in [0, 0.1) is 0 Å². The SMILES string of the molecule is CC(C)(C)OC(=O)NCCC(=O)Nc1ccc(NC(=O)c2cccc(O)c2)cc1. The molecule has 0 heterocycles. The van der Waals surface area contributed by atoms with Gasteiger partial charge in [-0.1, -0.05) is 6.07 Å². The molecule has 0 spiro atoms. The van der Waals surface area contributed by atoms with Crippen LogP contribution < -0.4 is 16.0 Å². The molecule has 0 aliphatic heterocycles. The number of benzene rings is 2. The van der Waals surface area contributed by atoms with Crippen molar-refractivity contribution in [2.45, 2.75) is 32.8 Å². The first-order valence-electron chi connectivity index (χ1n) is 9.09. The van der Waals surface area contributed by atoms with Crippen molar-refractivity contribution in [2.24, 2.45) is 0 Å². The number of alkyl carbamates (subject to hydrolysis) is 1. The summed E-state index contributed by atoms with van der Waals surface area (Å²) in [7, 11) is 0. The Balaban J connectivity index is 1.79. The number of ether oxygens (including phenoxy) is 1. The molecule has 0 fully saturated rings. The van der Waals surface area contributed by atoms with E-state index in [1.54, 1.807) is 57.2 Å². The number of carbonyl (C=O) groups is 3. The number of rotatable bonds is 6. The van der Waals surface area contributed by atoms with Gasteiger partial charge in [0.2, 0.25) is 5.91 Å². The summed E-state index contributed by atoms with van der Waals surface area (Å²) in [5.74, 6) is -0.611. The molecule has 0 bridgehead atoms. The molecule has 0 aliphatic carbocycles. The van der Waals surface area contributed by atoms with Crippen molar-refractivity contribution in [3.05, 3.63) is 54.1 Å². The zero-order chi connectivity index (χ0) is 21.4. The van der Waals surface area contributed by atoms with Crippen molar-refractivity contribution in [1.82, 2.24) is 5.32 Å². The normalized spacial score (nSPS) is 10.7. The predicted octanol–water partition coefficient (Wildman–Crippen LogP) is 3.50. The maximum Gasteiger partial charge on any atom is 0.407 e. The van der Waals surface area contributed by atoms with Crippen LogP contribution in [0.25, 0.3) is 0 Å². The fourth-order valence-electron chi connectivity index (χ4n) is 2.30. The molecule has 2 aromatic rings. The van der Waals surface area contributed by atoms with Gasteiger partial charge in [-0.2, -0.15) is 0 Å². The predicted molar refractivity (Wildman–Crippen MR) is 110 cm³/mol. The van der Waals surface area contributed by atoms with E-state index in [2.05, 4.69) is 16.0 Å². The van der Waals surface area contributed by atoms with Gasteiger partial charge in [0.25, 0.3) is 5.91 Å². The highest BCUT2D eigenvalue weighted by Crippen LogP contribution is 2.16. The van der Waals surface area contributed by atoms with Crippen molar-refractivity contribution in [3.63, 3.8) is 0 Å². The van der Waals surface area contributed by atoms with E-state index in [1.807, 2.05) is 0 Å². The van der Waals surface area contributed by atoms with Gasteiger partial charge in [-0.25, -0.2) is 4.79 Å². The molecule has 2 rings (SSSR count). The average Bonchev–Trinajstić information content (AvgIpc) is 2.62. The number of hydrogen-bond acceptors (Lipinski definition) is 5. The molecule has 0 atom stereocenters. The number of carbonyl (C=O) groups excluding carboxylic acids is 3. The third kappa shape index (κ3) is 7.92. The fraction of sp³-hybridized carbons (Fsp3) is 0.286. The number of aromatic hydroxyl groups is 1. The van der Waals surface area contributed by atoms with Crippen LogP contribution in [0.5, 0.6) is 5.75 Å². The van der Waals surface area contributed by atoms with Crippen molar-refractivity contribution in [3.8, 4) is 5.75 Å². The second-order valence-electron chi connectivity index (χ2n) is 7.31. The van der Waals surface area contributed by atoms with Gasteiger partial charge in [0.1, 0.15) is 11.4 Å². The van der Waals surface area contributed by atoms with Crippen LogP contribution in [0.15, 0.2) is 48.5 Å².